The van der Waals surface area contributed by atoms with Crippen LogP contribution in [0.4, 0.5) is 5.95 Å². The molecule has 3 aromatic heterocycles. The first-order valence-corrected chi connectivity index (χ1v) is 13.9. The molecule has 198 valence electrons. The number of piperidine rings is 1. The quantitative estimate of drug-likeness (QED) is 0.403. The van der Waals surface area contributed by atoms with Crippen molar-refractivity contribution < 1.29 is 22.6 Å². The monoisotopic (exact) mass is 550 g/mol. The van der Waals surface area contributed by atoms with E-state index >= 15 is 0 Å². The summed E-state index contributed by atoms with van der Waals surface area (Å²) in [5, 5.41) is 8.40. The van der Waals surface area contributed by atoms with Gasteiger partial charge in [0.25, 0.3) is 0 Å². The maximum atomic E-state index is 13.7. The van der Waals surface area contributed by atoms with Crippen molar-refractivity contribution in [3.63, 3.8) is 0 Å². The van der Waals surface area contributed by atoms with Gasteiger partial charge in [-0.1, -0.05) is 11.6 Å². The summed E-state index contributed by atoms with van der Waals surface area (Å²) in [6, 6.07) is 0. The molecule has 13 nitrogen and oxygen atoms in total. The lowest BCUT2D eigenvalue weighted by Gasteiger charge is -2.32. The van der Waals surface area contributed by atoms with Gasteiger partial charge in [-0.15, -0.1) is 10.2 Å². The molecular formula is C22H27ClN8O5S. The molecule has 5 heterocycles. The summed E-state index contributed by atoms with van der Waals surface area (Å²) in [7, 11) is -0.744. The predicted molar refractivity (Wildman–Crippen MR) is 133 cm³/mol. The maximum Gasteiger partial charge on any atom is 0.245 e. The van der Waals surface area contributed by atoms with E-state index in [1.54, 1.807) is 4.57 Å². The van der Waals surface area contributed by atoms with Crippen LogP contribution in [-0.2, 0) is 20.3 Å². The number of methoxy groups -OCH3 is 2. The lowest BCUT2D eigenvalue weighted by atomic mass is 10.1. The van der Waals surface area contributed by atoms with Crippen LogP contribution in [-0.4, -0.2) is 82.3 Å². The minimum Gasteiger partial charge on any atom is -0.479 e. The minimum atomic E-state index is -3.68. The van der Waals surface area contributed by atoms with Crippen molar-refractivity contribution in [1.29, 1.82) is 0 Å². The molecule has 0 aromatic carbocycles. The van der Waals surface area contributed by atoms with E-state index < -0.39 is 15.1 Å². The zero-order valence-corrected chi connectivity index (χ0v) is 22.0. The van der Waals surface area contributed by atoms with Gasteiger partial charge in [0.15, 0.2) is 27.2 Å². The predicted octanol–water partition coefficient (Wildman–Crippen LogP) is 1.95. The molecule has 0 bridgehead atoms. The number of hydrogen-bond donors (Lipinski definition) is 0. The van der Waals surface area contributed by atoms with Crippen molar-refractivity contribution >= 4 is 27.4 Å². The smallest absolute Gasteiger partial charge is 0.245 e. The third-order valence-electron chi connectivity index (χ3n) is 6.44. The van der Waals surface area contributed by atoms with E-state index in [2.05, 4.69) is 30.1 Å². The average molecular weight is 551 g/mol. The van der Waals surface area contributed by atoms with Crippen molar-refractivity contribution in [2.24, 2.45) is 0 Å². The highest BCUT2D eigenvalue weighted by Gasteiger charge is 2.36. The first kappa shape index (κ1) is 25.5. The zero-order chi connectivity index (χ0) is 26.0. The Morgan fingerprint density at radius 3 is 2.43 bits per heavy atom. The van der Waals surface area contributed by atoms with Gasteiger partial charge in [0.2, 0.25) is 17.7 Å². The van der Waals surface area contributed by atoms with E-state index in [-0.39, 0.29) is 36.0 Å². The fourth-order valence-corrected chi connectivity index (χ4v) is 6.49. The molecule has 0 radical (unpaired) electrons. The summed E-state index contributed by atoms with van der Waals surface area (Å²) in [6.07, 6.45) is 6.73. The van der Waals surface area contributed by atoms with Gasteiger partial charge in [-0.2, -0.15) is 9.97 Å². The summed E-state index contributed by atoms with van der Waals surface area (Å²) in [4.78, 5) is 18.8. The van der Waals surface area contributed by atoms with Gasteiger partial charge >= 0.3 is 0 Å². The van der Waals surface area contributed by atoms with Gasteiger partial charge in [-0.3, -0.25) is 4.57 Å². The van der Waals surface area contributed by atoms with Crippen molar-refractivity contribution in [3.05, 3.63) is 35.4 Å². The van der Waals surface area contributed by atoms with Crippen LogP contribution >= 0.6 is 11.6 Å². The van der Waals surface area contributed by atoms with Gasteiger partial charge in [0.1, 0.15) is 18.2 Å². The van der Waals surface area contributed by atoms with Gasteiger partial charge in [0.05, 0.1) is 36.9 Å². The molecule has 2 aliphatic heterocycles. The molecule has 0 saturated carbocycles. The number of sulfone groups is 1. The Morgan fingerprint density at radius 1 is 1.05 bits per heavy atom. The summed E-state index contributed by atoms with van der Waals surface area (Å²) >= 11 is 5.91. The molecule has 15 heteroatoms. The summed E-state index contributed by atoms with van der Waals surface area (Å²) in [6.45, 7) is 1.50. The first-order chi connectivity index (χ1) is 17.9. The Morgan fingerprint density at radius 2 is 1.78 bits per heavy atom. The normalized spacial score (nSPS) is 20.2. The lowest BCUT2D eigenvalue weighted by molar-refractivity contribution is 0.103. The summed E-state index contributed by atoms with van der Waals surface area (Å²) < 4.78 is 45.8. The van der Waals surface area contributed by atoms with Crippen LogP contribution in [0.2, 0.25) is 5.02 Å². The largest absolute Gasteiger partial charge is 0.479 e. The van der Waals surface area contributed by atoms with E-state index in [0.29, 0.717) is 48.5 Å². The van der Waals surface area contributed by atoms with Crippen molar-refractivity contribution in [2.75, 3.05) is 38.8 Å². The molecule has 2 aliphatic rings. The molecule has 2 atom stereocenters. The van der Waals surface area contributed by atoms with Crippen LogP contribution in [0.25, 0.3) is 5.69 Å². The van der Waals surface area contributed by atoms with E-state index in [1.807, 2.05) is 4.90 Å². The van der Waals surface area contributed by atoms with Gasteiger partial charge < -0.3 is 19.1 Å². The second-order valence-electron chi connectivity index (χ2n) is 8.77. The Kier molecular flexibility index (Phi) is 7.40. The highest BCUT2D eigenvalue weighted by atomic mass is 35.5. The van der Waals surface area contributed by atoms with Gasteiger partial charge in [-0.05, 0) is 25.7 Å². The molecule has 0 amide bonds. The average Bonchev–Trinajstić information content (AvgIpc) is 3.58. The van der Waals surface area contributed by atoms with Crippen LogP contribution in [0.15, 0.2) is 18.7 Å². The minimum absolute atomic E-state index is 0.202. The number of nitrogens with zero attached hydrogens (tertiary/aromatic N) is 8. The Hall–Kier alpha value is -3.10. The highest BCUT2D eigenvalue weighted by Crippen LogP contribution is 2.36. The standard InChI is InChI=1S/C22H27ClN8O5S/c1-34-20-18(21(35-2)27-13-26-20)31-17(28-29-19(31)16-6-4-8-36-16)12-37(32,33)15-5-3-7-30(11-15)22-24-9-14(23)10-25-22/h9-10,13,15-16H,3-8,11-12H2,1-2H3/t15-,16+/m1/s1. The van der Waals surface area contributed by atoms with E-state index in [4.69, 9.17) is 25.8 Å². The van der Waals surface area contributed by atoms with Crippen LogP contribution in [0.5, 0.6) is 11.8 Å². The zero-order valence-electron chi connectivity index (χ0n) is 20.4. The molecule has 5 rings (SSSR count). The molecule has 0 N–H and O–H groups in total. The third kappa shape index (κ3) is 5.18. The molecule has 2 saturated heterocycles. The van der Waals surface area contributed by atoms with Gasteiger partial charge in [-0.25, -0.2) is 18.4 Å². The van der Waals surface area contributed by atoms with Crippen molar-refractivity contribution in [2.45, 2.75) is 42.8 Å². The van der Waals surface area contributed by atoms with Gasteiger partial charge in [0, 0.05) is 19.7 Å². The molecule has 37 heavy (non-hydrogen) atoms. The van der Waals surface area contributed by atoms with Crippen molar-refractivity contribution in [3.8, 4) is 17.4 Å². The van der Waals surface area contributed by atoms with E-state index in [0.717, 1.165) is 12.8 Å². The number of hydrogen-bond acceptors (Lipinski definition) is 12. The topological polar surface area (TPSA) is 147 Å². The third-order valence-corrected chi connectivity index (χ3v) is 8.70. The van der Waals surface area contributed by atoms with Crippen LogP contribution in [0, 0.1) is 0 Å². The first-order valence-electron chi connectivity index (χ1n) is 11.8. The molecule has 0 spiro atoms. The van der Waals surface area contributed by atoms with Crippen LogP contribution in [0.3, 0.4) is 0 Å². The maximum absolute atomic E-state index is 13.7. The molecule has 2 fully saturated rings. The number of anilines is 1. The number of rotatable bonds is 8. The Bertz CT molecular complexity index is 1330. The number of aromatic nitrogens is 7. The van der Waals surface area contributed by atoms with Crippen LogP contribution < -0.4 is 14.4 Å². The molecule has 3 aromatic rings. The van der Waals surface area contributed by atoms with E-state index in [1.165, 1.54) is 32.9 Å². The molecule has 0 unspecified atom stereocenters. The molecule has 0 aliphatic carbocycles. The second kappa shape index (κ2) is 10.7. The van der Waals surface area contributed by atoms with E-state index in [9.17, 15) is 8.42 Å². The summed E-state index contributed by atoms with van der Waals surface area (Å²) in [5.41, 5.74) is 0.327. The van der Waals surface area contributed by atoms with Crippen LogP contribution in [0.1, 0.15) is 43.4 Å². The highest BCUT2D eigenvalue weighted by molar-refractivity contribution is 7.91. The SMILES string of the molecule is COc1ncnc(OC)c1-n1c(CS(=O)(=O)[C@@H]2CCCN(c3ncc(Cl)cn3)C2)nnc1[C@@H]1CCCO1. The fraction of sp³-hybridized carbons (Fsp3) is 0.545. The summed E-state index contributed by atoms with van der Waals surface area (Å²) in [5.74, 6) is 1.16. The Labute approximate surface area is 219 Å². The Balaban J connectivity index is 1.50. The van der Waals surface area contributed by atoms with Crippen molar-refractivity contribution in [1.82, 2.24) is 34.7 Å². The number of halogens is 1. The molecular weight excluding hydrogens is 524 g/mol. The lowest BCUT2D eigenvalue weighted by Crippen LogP contribution is -2.43. The second-order valence-corrected chi connectivity index (χ2v) is 11.5. The number of ether oxygens (including phenoxy) is 3. The fourth-order valence-electron chi connectivity index (χ4n) is 4.67.